The Kier molecular flexibility index (Phi) is 4.04. The standard InChI is InChI=1S/C19H19N5O2/c1-12-17(15-5-3-4-6-16(15)26-12)22-19(25)21-14-9-7-13(8-10-14)18-20-11-24(2)23-18/h3-12,17H,1-2H3,(H2,21,22,25)/t12-,17+/m1/s1. The number of para-hydroxylation sites is 1. The molecule has 26 heavy (non-hydrogen) atoms. The van der Waals surface area contributed by atoms with Crippen LogP contribution in [-0.4, -0.2) is 26.9 Å². The molecule has 0 unspecified atom stereocenters. The van der Waals surface area contributed by atoms with Gasteiger partial charge in [0.2, 0.25) is 0 Å². The number of carbonyl (C=O) groups excluding carboxylic acids is 1. The van der Waals surface area contributed by atoms with Gasteiger partial charge in [0, 0.05) is 23.9 Å². The van der Waals surface area contributed by atoms with Crippen LogP contribution < -0.4 is 15.4 Å². The van der Waals surface area contributed by atoms with Crippen LogP contribution in [0.1, 0.15) is 18.5 Å². The van der Waals surface area contributed by atoms with E-state index < -0.39 is 0 Å². The lowest BCUT2D eigenvalue weighted by atomic mass is 10.1. The number of nitrogens with one attached hydrogen (secondary N) is 2. The number of aromatic nitrogens is 3. The Balaban J connectivity index is 1.42. The normalized spacial score (nSPS) is 18.1. The van der Waals surface area contributed by atoms with Gasteiger partial charge in [-0.3, -0.25) is 4.68 Å². The maximum Gasteiger partial charge on any atom is 0.319 e. The van der Waals surface area contributed by atoms with Crippen LogP contribution in [-0.2, 0) is 7.05 Å². The summed E-state index contributed by atoms with van der Waals surface area (Å²) in [5.74, 6) is 1.47. The van der Waals surface area contributed by atoms with E-state index in [2.05, 4.69) is 20.7 Å². The summed E-state index contributed by atoms with van der Waals surface area (Å²) >= 11 is 0. The molecule has 0 radical (unpaired) electrons. The van der Waals surface area contributed by atoms with E-state index in [1.54, 1.807) is 11.0 Å². The second-order valence-corrected chi connectivity index (χ2v) is 6.26. The van der Waals surface area contributed by atoms with Crippen molar-refractivity contribution in [1.29, 1.82) is 0 Å². The summed E-state index contributed by atoms with van der Waals surface area (Å²) < 4.78 is 7.43. The van der Waals surface area contributed by atoms with Crippen molar-refractivity contribution in [2.75, 3.05) is 5.32 Å². The Labute approximate surface area is 151 Å². The Morgan fingerprint density at radius 2 is 1.92 bits per heavy atom. The van der Waals surface area contributed by atoms with Gasteiger partial charge in [0.25, 0.3) is 0 Å². The molecule has 132 valence electrons. The van der Waals surface area contributed by atoms with Gasteiger partial charge < -0.3 is 15.4 Å². The molecule has 1 aromatic heterocycles. The molecule has 2 heterocycles. The van der Waals surface area contributed by atoms with Gasteiger partial charge in [0.1, 0.15) is 18.2 Å². The molecule has 0 aliphatic carbocycles. The number of carbonyl (C=O) groups is 1. The third-order valence-corrected chi connectivity index (χ3v) is 4.32. The summed E-state index contributed by atoms with van der Waals surface area (Å²) in [4.78, 5) is 16.6. The van der Waals surface area contributed by atoms with E-state index in [1.165, 1.54) is 0 Å². The summed E-state index contributed by atoms with van der Waals surface area (Å²) in [6.45, 7) is 1.94. The lowest BCUT2D eigenvalue weighted by Crippen LogP contribution is -2.36. The largest absolute Gasteiger partial charge is 0.488 e. The molecule has 0 fully saturated rings. The third-order valence-electron chi connectivity index (χ3n) is 4.32. The summed E-state index contributed by atoms with van der Waals surface area (Å²) in [6.07, 6.45) is 1.54. The maximum atomic E-state index is 12.4. The number of ether oxygens (including phenoxy) is 1. The molecular weight excluding hydrogens is 330 g/mol. The van der Waals surface area contributed by atoms with Crippen molar-refractivity contribution in [2.24, 2.45) is 7.05 Å². The molecule has 2 N–H and O–H groups in total. The molecule has 7 nitrogen and oxygen atoms in total. The van der Waals surface area contributed by atoms with Crippen LogP contribution in [0.15, 0.2) is 54.9 Å². The first-order valence-electron chi connectivity index (χ1n) is 8.39. The van der Waals surface area contributed by atoms with Crippen LogP contribution >= 0.6 is 0 Å². The number of aryl methyl sites for hydroxylation is 1. The topological polar surface area (TPSA) is 81.1 Å². The maximum absolute atomic E-state index is 12.4. The summed E-state index contributed by atoms with van der Waals surface area (Å²) in [7, 11) is 1.82. The Bertz CT molecular complexity index is 935. The number of rotatable bonds is 3. The molecule has 3 aromatic rings. The average Bonchev–Trinajstić information content (AvgIpc) is 3.19. The van der Waals surface area contributed by atoms with Gasteiger partial charge in [-0.05, 0) is 37.3 Å². The van der Waals surface area contributed by atoms with Crippen LogP contribution in [0, 0.1) is 0 Å². The fourth-order valence-electron chi connectivity index (χ4n) is 3.04. The second-order valence-electron chi connectivity index (χ2n) is 6.26. The van der Waals surface area contributed by atoms with Gasteiger partial charge in [0.15, 0.2) is 5.82 Å². The van der Waals surface area contributed by atoms with Crippen molar-refractivity contribution in [3.05, 3.63) is 60.4 Å². The Morgan fingerprint density at radius 1 is 1.15 bits per heavy atom. The van der Waals surface area contributed by atoms with Gasteiger partial charge in [0.05, 0.1) is 6.04 Å². The van der Waals surface area contributed by atoms with Crippen molar-refractivity contribution in [1.82, 2.24) is 20.1 Å². The Morgan fingerprint density at radius 3 is 2.65 bits per heavy atom. The highest BCUT2D eigenvalue weighted by Gasteiger charge is 2.31. The number of amides is 2. The average molecular weight is 349 g/mol. The highest BCUT2D eigenvalue weighted by Crippen LogP contribution is 2.36. The molecule has 0 spiro atoms. The third kappa shape index (κ3) is 3.11. The zero-order valence-electron chi connectivity index (χ0n) is 14.5. The lowest BCUT2D eigenvalue weighted by molar-refractivity contribution is 0.204. The minimum absolute atomic E-state index is 0.115. The van der Waals surface area contributed by atoms with Crippen LogP contribution in [0.4, 0.5) is 10.5 Å². The molecule has 0 saturated carbocycles. The van der Waals surface area contributed by atoms with Crippen LogP contribution in [0.25, 0.3) is 11.4 Å². The first kappa shape index (κ1) is 16.1. The predicted octanol–water partition coefficient (Wildman–Crippen LogP) is 3.13. The van der Waals surface area contributed by atoms with E-state index in [9.17, 15) is 4.79 Å². The van der Waals surface area contributed by atoms with Crippen LogP contribution in [0.2, 0.25) is 0 Å². The van der Waals surface area contributed by atoms with E-state index in [0.717, 1.165) is 16.9 Å². The number of hydrogen-bond donors (Lipinski definition) is 2. The highest BCUT2D eigenvalue weighted by atomic mass is 16.5. The molecule has 4 rings (SSSR count). The Hall–Kier alpha value is -3.35. The second kappa shape index (κ2) is 6.51. The van der Waals surface area contributed by atoms with Gasteiger partial charge in [-0.25, -0.2) is 9.78 Å². The lowest BCUT2D eigenvalue weighted by Gasteiger charge is -2.17. The van der Waals surface area contributed by atoms with E-state index in [0.29, 0.717) is 11.5 Å². The summed E-state index contributed by atoms with van der Waals surface area (Å²) in [5.41, 5.74) is 2.58. The molecule has 0 saturated heterocycles. The smallest absolute Gasteiger partial charge is 0.319 e. The minimum Gasteiger partial charge on any atom is -0.488 e. The van der Waals surface area contributed by atoms with Crippen molar-refractivity contribution >= 4 is 11.7 Å². The zero-order valence-corrected chi connectivity index (χ0v) is 14.5. The van der Waals surface area contributed by atoms with Crippen molar-refractivity contribution in [3.8, 4) is 17.1 Å². The SMILES string of the molecule is C[C@H]1Oc2ccccc2[C@H]1NC(=O)Nc1ccc(-c2ncn(C)n2)cc1. The molecule has 2 atom stereocenters. The number of hydrogen-bond acceptors (Lipinski definition) is 4. The molecule has 2 amide bonds. The van der Waals surface area contributed by atoms with Crippen molar-refractivity contribution < 1.29 is 9.53 Å². The van der Waals surface area contributed by atoms with E-state index in [1.807, 2.05) is 62.5 Å². The monoisotopic (exact) mass is 349 g/mol. The quantitative estimate of drug-likeness (QED) is 0.761. The molecule has 7 heteroatoms. The summed E-state index contributed by atoms with van der Waals surface area (Å²) in [5, 5.41) is 10.1. The first-order valence-corrected chi connectivity index (χ1v) is 8.39. The van der Waals surface area contributed by atoms with Crippen molar-refractivity contribution in [3.63, 3.8) is 0 Å². The fraction of sp³-hybridized carbons (Fsp3) is 0.211. The van der Waals surface area contributed by atoms with Crippen molar-refractivity contribution in [2.45, 2.75) is 19.1 Å². The van der Waals surface area contributed by atoms with E-state index >= 15 is 0 Å². The number of anilines is 1. The molecule has 2 aromatic carbocycles. The number of urea groups is 1. The van der Waals surface area contributed by atoms with Gasteiger partial charge in [-0.1, -0.05) is 18.2 Å². The number of nitrogens with zero attached hydrogens (tertiary/aromatic N) is 3. The molecule has 0 bridgehead atoms. The van der Waals surface area contributed by atoms with E-state index in [4.69, 9.17) is 4.74 Å². The molecule has 1 aliphatic rings. The fourth-order valence-corrected chi connectivity index (χ4v) is 3.04. The molecule has 1 aliphatic heterocycles. The minimum atomic E-state index is -0.272. The van der Waals surface area contributed by atoms with Gasteiger partial charge in [-0.15, -0.1) is 0 Å². The van der Waals surface area contributed by atoms with Crippen LogP contribution in [0.5, 0.6) is 5.75 Å². The predicted molar refractivity (Wildman–Crippen MR) is 97.9 cm³/mol. The highest BCUT2D eigenvalue weighted by molar-refractivity contribution is 5.90. The van der Waals surface area contributed by atoms with Gasteiger partial charge in [-0.2, -0.15) is 5.10 Å². The summed E-state index contributed by atoms with van der Waals surface area (Å²) in [6, 6.07) is 14.7. The first-order chi connectivity index (χ1) is 12.6. The number of benzene rings is 2. The molecular formula is C19H19N5O2. The van der Waals surface area contributed by atoms with E-state index in [-0.39, 0.29) is 18.2 Å². The number of fused-ring (bicyclic) bond motifs is 1. The zero-order chi connectivity index (χ0) is 18.1. The van der Waals surface area contributed by atoms with Crippen LogP contribution in [0.3, 0.4) is 0 Å². The van der Waals surface area contributed by atoms with Gasteiger partial charge >= 0.3 is 6.03 Å².